The molecule has 1 aromatic heterocycles. The molecule has 6 heteroatoms. The third-order valence-electron chi connectivity index (χ3n) is 3.53. The Bertz CT molecular complexity index is 904. The van der Waals surface area contributed by atoms with E-state index in [1.165, 1.54) is 18.4 Å². The van der Waals surface area contributed by atoms with Crippen LogP contribution in [-0.4, -0.2) is 19.2 Å². The monoisotopic (exact) mass is 414 g/mol. The van der Waals surface area contributed by atoms with Gasteiger partial charge in [0.25, 0.3) is 5.91 Å². The molecule has 1 N–H and O–H groups in total. The minimum absolute atomic E-state index is 0.127. The highest BCUT2D eigenvalue weighted by molar-refractivity contribution is 9.10. The minimum atomic E-state index is -0.127. The molecule has 0 aliphatic heterocycles. The lowest BCUT2D eigenvalue weighted by atomic mass is 10.0. The normalized spacial score (nSPS) is 10.8. The lowest BCUT2D eigenvalue weighted by Gasteiger charge is -2.11. The maximum atomic E-state index is 12.5. The number of rotatable bonds is 5. The van der Waals surface area contributed by atoms with Crippen molar-refractivity contribution in [2.75, 3.05) is 12.4 Å². The molecule has 0 aliphatic carbocycles. The number of amides is 1. The van der Waals surface area contributed by atoms with E-state index in [9.17, 15) is 4.79 Å². The Morgan fingerprint density at radius 1 is 1.16 bits per heavy atom. The summed E-state index contributed by atoms with van der Waals surface area (Å²) in [6.07, 6.45) is 1.64. The second kappa shape index (κ2) is 8.09. The van der Waals surface area contributed by atoms with E-state index in [2.05, 4.69) is 31.2 Å². The molecule has 0 fully saturated rings. The van der Waals surface area contributed by atoms with E-state index in [1.807, 2.05) is 60.0 Å². The number of para-hydroxylation sites is 1. The molecule has 126 valence electrons. The van der Waals surface area contributed by atoms with Gasteiger partial charge in [0.05, 0.1) is 6.21 Å². The largest absolute Gasteiger partial charge is 0.399 e. The Kier molecular flexibility index (Phi) is 5.63. The van der Waals surface area contributed by atoms with E-state index >= 15 is 0 Å². The number of oxime groups is 1. The topological polar surface area (TPSA) is 50.7 Å². The van der Waals surface area contributed by atoms with E-state index in [4.69, 9.17) is 0 Å². The van der Waals surface area contributed by atoms with Crippen LogP contribution in [-0.2, 0) is 4.84 Å². The first kappa shape index (κ1) is 17.4. The average molecular weight is 415 g/mol. The molecule has 0 saturated heterocycles. The highest BCUT2D eigenvalue weighted by atomic mass is 79.9. The first-order chi connectivity index (χ1) is 12.2. The molecular formula is C19H15BrN2O2S. The summed E-state index contributed by atoms with van der Waals surface area (Å²) in [5.74, 6) is -0.127. The number of benzene rings is 2. The number of nitrogens with zero attached hydrogens (tertiary/aromatic N) is 1. The van der Waals surface area contributed by atoms with Gasteiger partial charge in [-0.05, 0) is 44.6 Å². The van der Waals surface area contributed by atoms with Gasteiger partial charge in [0.1, 0.15) is 12.0 Å². The SMILES string of the molecule is CON=Cc1ccc(-c2ccccc2NC(=O)c2sccc2Br)cc1. The molecule has 0 bridgehead atoms. The second-order valence-electron chi connectivity index (χ2n) is 5.14. The number of hydrogen-bond donors (Lipinski definition) is 1. The fraction of sp³-hybridized carbons (Fsp3) is 0.0526. The summed E-state index contributed by atoms with van der Waals surface area (Å²) in [7, 11) is 1.51. The number of anilines is 1. The van der Waals surface area contributed by atoms with Crippen LogP contribution >= 0.6 is 27.3 Å². The Morgan fingerprint density at radius 3 is 2.60 bits per heavy atom. The molecule has 0 atom stereocenters. The van der Waals surface area contributed by atoms with Crippen molar-refractivity contribution in [3.05, 3.63) is 74.9 Å². The highest BCUT2D eigenvalue weighted by Gasteiger charge is 2.14. The van der Waals surface area contributed by atoms with Gasteiger partial charge in [0, 0.05) is 15.7 Å². The third kappa shape index (κ3) is 4.15. The molecule has 25 heavy (non-hydrogen) atoms. The number of carbonyl (C=O) groups is 1. The summed E-state index contributed by atoms with van der Waals surface area (Å²) in [6, 6.07) is 17.5. The quantitative estimate of drug-likeness (QED) is 0.448. The van der Waals surface area contributed by atoms with Gasteiger partial charge >= 0.3 is 0 Å². The van der Waals surface area contributed by atoms with Crippen molar-refractivity contribution in [2.45, 2.75) is 0 Å². The van der Waals surface area contributed by atoms with E-state index in [0.717, 1.165) is 26.9 Å². The molecule has 1 heterocycles. The Balaban J connectivity index is 1.87. The Morgan fingerprint density at radius 2 is 1.92 bits per heavy atom. The Labute approximate surface area is 158 Å². The van der Waals surface area contributed by atoms with Crippen molar-refractivity contribution in [3.63, 3.8) is 0 Å². The molecule has 0 spiro atoms. The van der Waals surface area contributed by atoms with E-state index in [1.54, 1.807) is 6.21 Å². The van der Waals surface area contributed by atoms with Gasteiger partial charge in [-0.3, -0.25) is 4.79 Å². The number of halogens is 1. The molecule has 0 unspecified atom stereocenters. The Hall–Kier alpha value is -2.44. The van der Waals surface area contributed by atoms with E-state index in [0.29, 0.717) is 4.88 Å². The van der Waals surface area contributed by atoms with E-state index in [-0.39, 0.29) is 5.91 Å². The van der Waals surface area contributed by atoms with Crippen LogP contribution < -0.4 is 5.32 Å². The van der Waals surface area contributed by atoms with Crippen LogP contribution in [0.15, 0.2) is 69.6 Å². The van der Waals surface area contributed by atoms with Crippen molar-refractivity contribution in [1.29, 1.82) is 0 Å². The van der Waals surface area contributed by atoms with Gasteiger partial charge in [-0.2, -0.15) is 0 Å². The van der Waals surface area contributed by atoms with Crippen molar-refractivity contribution in [3.8, 4) is 11.1 Å². The summed E-state index contributed by atoms with van der Waals surface area (Å²) >= 11 is 4.80. The van der Waals surface area contributed by atoms with Crippen LogP contribution in [0.2, 0.25) is 0 Å². The lowest BCUT2D eigenvalue weighted by molar-refractivity contribution is 0.103. The van der Waals surface area contributed by atoms with Crippen molar-refractivity contribution >= 4 is 45.1 Å². The molecule has 4 nitrogen and oxygen atoms in total. The maximum Gasteiger partial charge on any atom is 0.266 e. The van der Waals surface area contributed by atoms with Crippen LogP contribution in [0.3, 0.4) is 0 Å². The molecule has 0 radical (unpaired) electrons. The second-order valence-corrected chi connectivity index (χ2v) is 6.91. The van der Waals surface area contributed by atoms with Gasteiger partial charge < -0.3 is 10.2 Å². The van der Waals surface area contributed by atoms with Gasteiger partial charge in [-0.1, -0.05) is 47.6 Å². The van der Waals surface area contributed by atoms with E-state index < -0.39 is 0 Å². The molecule has 2 aromatic carbocycles. The minimum Gasteiger partial charge on any atom is -0.399 e. The zero-order valence-electron chi connectivity index (χ0n) is 13.4. The number of thiophene rings is 1. The third-order valence-corrected chi connectivity index (χ3v) is 5.36. The van der Waals surface area contributed by atoms with Gasteiger partial charge in [-0.15, -0.1) is 11.3 Å². The van der Waals surface area contributed by atoms with Crippen LogP contribution in [0, 0.1) is 0 Å². The maximum absolute atomic E-state index is 12.5. The number of hydrogen-bond acceptors (Lipinski definition) is 4. The molecule has 1 amide bonds. The smallest absolute Gasteiger partial charge is 0.266 e. The summed E-state index contributed by atoms with van der Waals surface area (Å²) < 4.78 is 0.800. The molecule has 3 aromatic rings. The van der Waals surface area contributed by atoms with Crippen molar-refractivity contribution in [2.24, 2.45) is 5.16 Å². The average Bonchev–Trinajstić information content (AvgIpc) is 3.07. The molecule has 3 rings (SSSR count). The summed E-state index contributed by atoms with van der Waals surface area (Å²) in [5, 5.41) is 8.63. The summed E-state index contributed by atoms with van der Waals surface area (Å²) in [6.45, 7) is 0. The standard InChI is InChI=1S/C19H15BrN2O2S/c1-24-21-12-13-6-8-14(9-7-13)15-4-2-3-5-17(15)22-19(23)18-16(20)10-11-25-18/h2-12H,1H3,(H,22,23). The van der Waals surface area contributed by atoms with Crippen LogP contribution in [0.4, 0.5) is 5.69 Å². The predicted octanol–water partition coefficient (Wildman–Crippen LogP) is 5.41. The summed E-state index contributed by atoms with van der Waals surface area (Å²) in [4.78, 5) is 17.8. The van der Waals surface area contributed by atoms with Crippen LogP contribution in [0.25, 0.3) is 11.1 Å². The first-order valence-electron chi connectivity index (χ1n) is 7.49. The van der Waals surface area contributed by atoms with Gasteiger partial charge in [0.2, 0.25) is 0 Å². The fourth-order valence-electron chi connectivity index (χ4n) is 2.34. The van der Waals surface area contributed by atoms with Crippen LogP contribution in [0.1, 0.15) is 15.2 Å². The zero-order chi connectivity index (χ0) is 17.6. The van der Waals surface area contributed by atoms with Gasteiger partial charge in [0.15, 0.2) is 0 Å². The fourth-order valence-corrected chi connectivity index (χ4v) is 3.79. The molecule has 0 saturated carbocycles. The lowest BCUT2D eigenvalue weighted by Crippen LogP contribution is -2.11. The highest BCUT2D eigenvalue weighted by Crippen LogP contribution is 2.30. The van der Waals surface area contributed by atoms with Crippen molar-refractivity contribution in [1.82, 2.24) is 0 Å². The zero-order valence-corrected chi connectivity index (χ0v) is 15.8. The molecule has 0 aliphatic rings. The first-order valence-corrected chi connectivity index (χ1v) is 9.16. The van der Waals surface area contributed by atoms with Gasteiger partial charge in [-0.25, -0.2) is 0 Å². The summed E-state index contributed by atoms with van der Waals surface area (Å²) in [5.41, 5.74) is 3.68. The van der Waals surface area contributed by atoms with Crippen molar-refractivity contribution < 1.29 is 9.63 Å². The van der Waals surface area contributed by atoms with Crippen LogP contribution in [0.5, 0.6) is 0 Å². The molecular weight excluding hydrogens is 400 g/mol. The predicted molar refractivity (Wildman–Crippen MR) is 106 cm³/mol. The number of carbonyl (C=O) groups excluding carboxylic acids is 1. The number of nitrogens with one attached hydrogen (secondary N) is 1.